The van der Waals surface area contributed by atoms with Crippen LogP contribution in [0.5, 0.6) is 0 Å². The molecule has 2 nitrogen and oxygen atoms in total. The average molecular weight is 212 g/mol. The van der Waals surface area contributed by atoms with Gasteiger partial charge >= 0.3 is 0 Å². The Morgan fingerprint density at radius 1 is 1.57 bits per heavy atom. The number of hydrogen-bond donors (Lipinski definition) is 2. The lowest BCUT2D eigenvalue weighted by molar-refractivity contribution is 0.301. The molecule has 0 aliphatic carbocycles. The summed E-state index contributed by atoms with van der Waals surface area (Å²) in [6.07, 6.45) is 1.08. The third kappa shape index (κ3) is 3.08. The Kier molecular flexibility index (Phi) is 4.11. The van der Waals surface area contributed by atoms with Crippen LogP contribution < -0.4 is 11.1 Å². The molecule has 1 aromatic rings. The first kappa shape index (κ1) is 11.7. The van der Waals surface area contributed by atoms with Gasteiger partial charge in [-0.25, -0.2) is 0 Å². The van der Waals surface area contributed by atoms with Gasteiger partial charge in [0.2, 0.25) is 0 Å². The predicted molar refractivity (Wildman–Crippen MR) is 63.6 cm³/mol. The van der Waals surface area contributed by atoms with Gasteiger partial charge < -0.3 is 11.1 Å². The molecule has 0 radical (unpaired) electrons. The smallest absolute Gasteiger partial charge is 0.0417 e. The molecule has 3 heteroatoms. The lowest BCUT2D eigenvalue weighted by atomic mass is 9.85. The molecule has 1 aromatic heterocycles. The molecule has 1 atom stereocenters. The van der Waals surface area contributed by atoms with Crippen LogP contribution in [0.3, 0.4) is 0 Å². The van der Waals surface area contributed by atoms with Crippen molar-refractivity contribution < 1.29 is 0 Å². The number of nitrogens with one attached hydrogen (secondary N) is 1. The van der Waals surface area contributed by atoms with Crippen LogP contribution in [0, 0.1) is 5.41 Å². The van der Waals surface area contributed by atoms with Crippen LogP contribution in [0.25, 0.3) is 0 Å². The lowest BCUT2D eigenvalue weighted by Crippen LogP contribution is -2.29. The molecule has 80 valence electrons. The Balaban J connectivity index is 2.65. The first-order chi connectivity index (χ1) is 6.59. The molecule has 1 heterocycles. The molecule has 0 amide bonds. The molecule has 0 saturated heterocycles. The van der Waals surface area contributed by atoms with Crippen molar-refractivity contribution in [2.24, 2.45) is 11.1 Å². The van der Waals surface area contributed by atoms with Crippen molar-refractivity contribution in [2.45, 2.75) is 26.3 Å². The highest BCUT2D eigenvalue weighted by molar-refractivity contribution is 7.10. The molecular weight excluding hydrogens is 192 g/mol. The Morgan fingerprint density at radius 2 is 2.29 bits per heavy atom. The van der Waals surface area contributed by atoms with E-state index in [-0.39, 0.29) is 5.41 Å². The van der Waals surface area contributed by atoms with E-state index >= 15 is 0 Å². The van der Waals surface area contributed by atoms with Gasteiger partial charge in [0.25, 0.3) is 0 Å². The van der Waals surface area contributed by atoms with Gasteiger partial charge in [-0.1, -0.05) is 19.9 Å². The van der Waals surface area contributed by atoms with Gasteiger partial charge in [-0.2, -0.15) is 0 Å². The van der Waals surface area contributed by atoms with Gasteiger partial charge in [0, 0.05) is 10.9 Å². The van der Waals surface area contributed by atoms with E-state index in [2.05, 4.69) is 36.7 Å². The van der Waals surface area contributed by atoms with E-state index in [0.29, 0.717) is 6.04 Å². The van der Waals surface area contributed by atoms with Crippen LogP contribution >= 0.6 is 11.3 Å². The lowest BCUT2D eigenvalue weighted by Gasteiger charge is -2.27. The number of thiophene rings is 1. The molecule has 0 aliphatic heterocycles. The van der Waals surface area contributed by atoms with E-state index in [4.69, 9.17) is 5.73 Å². The zero-order chi connectivity index (χ0) is 10.6. The second-order valence-corrected chi connectivity index (χ2v) is 5.41. The van der Waals surface area contributed by atoms with Crippen LogP contribution in [-0.2, 0) is 0 Å². The van der Waals surface area contributed by atoms with Crippen molar-refractivity contribution in [1.82, 2.24) is 5.32 Å². The fourth-order valence-electron chi connectivity index (χ4n) is 1.47. The van der Waals surface area contributed by atoms with Crippen LogP contribution in [0.15, 0.2) is 17.5 Å². The third-order valence-corrected chi connectivity index (χ3v) is 3.53. The normalized spacial score (nSPS) is 14.3. The number of rotatable bonds is 5. The highest BCUT2D eigenvalue weighted by Gasteiger charge is 2.22. The summed E-state index contributed by atoms with van der Waals surface area (Å²) >= 11 is 1.80. The minimum atomic E-state index is 0.206. The summed E-state index contributed by atoms with van der Waals surface area (Å²) in [5.41, 5.74) is 5.94. The first-order valence-electron chi connectivity index (χ1n) is 5.00. The van der Waals surface area contributed by atoms with Gasteiger partial charge in [0.15, 0.2) is 0 Å². The maximum absolute atomic E-state index is 5.74. The predicted octanol–water partition coefficient (Wildman–Crippen LogP) is 2.38. The van der Waals surface area contributed by atoms with E-state index in [0.717, 1.165) is 13.0 Å². The Morgan fingerprint density at radius 3 is 2.71 bits per heavy atom. The fraction of sp³-hybridized carbons (Fsp3) is 0.636. The van der Waals surface area contributed by atoms with Crippen molar-refractivity contribution in [1.29, 1.82) is 0 Å². The Hall–Kier alpha value is -0.380. The second kappa shape index (κ2) is 4.91. The summed E-state index contributed by atoms with van der Waals surface area (Å²) in [6.45, 7) is 5.16. The van der Waals surface area contributed by atoms with Crippen LogP contribution in [0.4, 0.5) is 0 Å². The topological polar surface area (TPSA) is 38.0 Å². The maximum atomic E-state index is 5.74. The number of hydrogen-bond acceptors (Lipinski definition) is 3. The van der Waals surface area contributed by atoms with Crippen molar-refractivity contribution in [3.05, 3.63) is 22.4 Å². The van der Waals surface area contributed by atoms with Crippen molar-refractivity contribution in [3.63, 3.8) is 0 Å². The molecule has 0 aliphatic rings. The van der Waals surface area contributed by atoms with Gasteiger partial charge in [0.05, 0.1) is 0 Å². The minimum absolute atomic E-state index is 0.206. The maximum Gasteiger partial charge on any atom is 0.0417 e. The van der Waals surface area contributed by atoms with Gasteiger partial charge in [0.1, 0.15) is 0 Å². The van der Waals surface area contributed by atoms with Crippen molar-refractivity contribution in [2.75, 3.05) is 13.6 Å². The Bertz CT molecular complexity index is 254. The van der Waals surface area contributed by atoms with Gasteiger partial charge in [-0.15, -0.1) is 11.3 Å². The van der Waals surface area contributed by atoms with Gasteiger partial charge in [-0.05, 0) is 36.9 Å². The molecule has 1 rings (SSSR count). The van der Waals surface area contributed by atoms with E-state index in [1.807, 2.05) is 7.05 Å². The molecular formula is C11H20N2S. The number of nitrogens with two attached hydrogens (primary N) is 1. The third-order valence-electron chi connectivity index (χ3n) is 2.54. The van der Waals surface area contributed by atoms with Crippen LogP contribution in [-0.4, -0.2) is 13.6 Å². The van der Waals surface area contributed by atoms with Gasteiger partial charge in [-0.3, -0.25) is 0 Å². The molecule has 0 saturated carbocycles. The van der Waals surface area contributed by atoms with Crippen molar-refractivity contribution >= 4 is 11.3 Å². The summed E-state index contributed by atoms with van der Waals surface area (Å²) in [5.74, 6) is 0. The zero-order valence-electron chi connectivity index (χ0n) is 9.21. The molecule has 0 bridgehead atoms. The highest BCUT2D eigenvalue weighted by atomic mass is 32.1. The minimum Gasteiger partial charge on any atom is -0.330 e. The first-order valence-corrected chi connectivity index (χ1v) is 5.88. The van der Waals surface area contributed by atoms with Crippen LogP contribution in [0.2, 0.25) is 0 Å². The Labute approximate surface area is 90.5 Å². The van der Waals surface area contributed by atoms with Crippen LogP contribution in [0.1, 0.15) is 31.2 Å². The summed E-state index contributed by atoms with van der Waals surface area (Å²) in [6, 6.07) is 4.71. The molecule has 0 fully saturated rings. The summed E-state index contributed by atoms with van der Waals surface area (Å²) < 4.78 is 0. The monoisotopic (exact) mass is 212 g/mol. The zero-order valence-corrected chi connectivity index (χ0v) is 10.0. The largest absolute Gasteiger partial charge is 0.330 e. The standard InChI is InChI=1S/C11H20N2S/c1-11(2,8-12)7-9(13-3)10-5-4-6-14-10/h4-6,9,13H,7-8,12H2,1-3H3. The highest BCUT2D eigenvalue weighted by Crippen LogP contribution is 2.30. The summed E-state index contributed by atoms with van der Waals surface area (Å²) in [5, 5.41) is 5.47. The molecule has 0 aromatic carbocycles. The van der Waals surface area contributed by atoms with E-state index in [1.165, 1.54) is 4.88 Å². The fourth-order valence-corrected chi connectivity index (χ4v) is 2.31. The van der Waals surface area contributed by atoms with E-state index in [1.54, 1.807) is 11.3 Å². The van der Waals surface area contributed by atoms with Crippen molar-refractivity contribution in [3.8, 4) is 0 Å². The molecule has 1 unspecified atom stereocenters. The second-order valence-electron chi connectivity index (χ2n) is 4.43. The summed E-state index contributed by atoms with van der Waals surface area (Å²) in [7, 11) is 2.01. The average Bonchev–Trinajstić information content (AvgIpc) is 2.67. The SMILES string of the molecule is CNC(CC(C)(C)CN)c1cccs1. The molecule has 14 heavy (non-hydrogen) atoms. The van der Waals surface area contributed by atoms with E-state index < -0.39 is 0 Å². The molecule has 0 spiro atoms. The quantitative estimate of drug-likeness (QED) is 0.786. The van der Waals surface area contributed by atoms with E-state index in [9.17, 15) is 0 Å². The summed E-state index contributed by atoms with van der Waals surface area (Å²) in [4.78, 5) is 1.40. The molecule has 3 N–H and O–H groups in total.